The van der Waals surface area contributed by atoms with Gasteiger partial charge in [-0.05, 0) is 22.9 Å². The van der Waals surface area contributed by atoms with Crippen LogP contribution in [0.2, 0.25) is 0 Å². The Morgan fingerprint density at radius 3 is 1.57 bits per heavy atom. The van der Waals surface area contributed by atoms with E-state index in [0.29, 0.717) is 32.7 Å². The molecule has 3 aromatic carbocycles. The highest BCUT2D eigenvalue weighted by Gasteiger charge is 2.15. The van der Waals surface area contributed by atoms with E-state index in [4.69, 9.17) is 0 Å². The summed E-state index contributed by atoms with van der Waals surface area (Å²) in [6.45, 7) is 3.92. The molecule has 40 heavy (non-hydrogen) atoms. The zero-order chi connectivity index (χ0) is 27.0. The maximum atomic E-state index is 4.57. The number of nitrogens with one attached hydrogen (secondary N) is 1. The Kier molecular flexibility index (Phi) is 7.88. The van der Waals surface area contributed by atoms with Crippen LogP contribution in [0.4, 0.5) is 0 Å². The first-order valence-corrected chi connectivity index (χ1v) is 13.3. The zero-order valence-corrected chi connectivity index (χ0v) is 22.2. The molecule has 0 radical (unpaired) electrons. The van der Waals surface area contributed by atoms with Crippen LogP contribution in [-0.4, -0.2) is 46.4 Å². The molecule has 3 heterocycles. The van der Waals surface area contributed by atoms with Crippen molar-refractivity contribution < 1.29 is 0 Å². The Labute approximate surface area is 233 Å². The highest BCUT2D eigenvalue weighted by Crippen LogP contribution is 2.19. The van der Waals surface area contributed by atoms with Crippen molar-refractivity contribution in [3.63, 3.8) is 0 Å². The van der Waals surface area contributed by atoms with Crippen molar-refractivity contribution in [2.45, 2.75) is 32.7 Å². The van der Waals surface area contributed by atoms with Crippen LogP contribution in [0.15, 0.2) is 115 Å². The maximum absolute atomic E-state index is 4.57. The molecule has 1 aliphatic heterocycles. The smallest absolute Gasteiger partial charge is 0.0967 e. The molecule has 10 nitrogen and oxygen atoms in total. The summed E-state index contributed by atoms with van der Waals surface area (Å²) in [5.41, 5.74) is 14.0. The number of rotatable bonds is 12. The predicted octanol–water partition coefficient (Wildman–Crippen LogP) is 4.12. The van der Waals surface area contributed by atoms with Crippen molar-refractivity contribution >= 4 is 0 Å². The van der Waals surface area contributed by atoms with Gasteiger partial charge < -0.3 is 16.0 Å². The minimum Gasteiger partial charge on any atom is -0.605 e. The van der Waals surface area contributed by atoms with Crippen LogP contribution in [0.3, 0.4) is 0 Å². The minimum atomic E-state index is 0.603. The number of aromatic nitrogens is 6. The van der Waals surface area contributed by atoms with Gasteiger partial charge in [-0.15, -0.1) is 15.9 Å². The Hall–Kier alpha value is -4.80. The fourth-order valence-corrected chi connectivity index (χ4v) is 4.68. The molecule has 0 aliphatic carbocycles. The second-order valence-electron chi connectivity index (χ2n) is 9.88. The molecule has 0 fully saturated rings. The van der Waals surface area contributed by atoms with E-state index in [0.717, 1.165) is 23.6 Å². The summed E-state index contributed by atoms with van der Waals surface area (Å²) >= 11 is 0. The molecule has 0 bridgehead atoms. The monoisotopic (exact) mass is 531 g/mol. The molecule has 5 aromatic rings. The van der Waals surface area contributed by atoms with Crippen LogP contribution in [0.1, 0.15) is 28.1 Å². The van der Waals surface area contributed by atoms with E-state index in [1.807, 2.05) is 81.4 Å². The van der Waals surface area contributed by atoms with Gasteiger partial charge in [-0.2, -0.15) is 0 Å². The van der Waals surface area contributed by atoms with Gasteiger partial charge in [0, 0.05) is 19.6 Å². The van der Waals surface area contributed by atoms with Gasteiger partial charge in [0.15, 0.2) is 0 Å². The maximum Gasteiger partial charge on any atom is 0.0967 e. The Bertz CT molecular complexity index is 1430. The van der Waals surface area contributed by atoms with Crippen LogP contribution in [0.25, 0.3) is 5.43 Å². The van der Waals surface area contributed by atoms with Crippen LogP contribution in [0, 0.1) is 0 Å². The van der Waals surface area contributed by atoms with Gasteiger partial charge in [-0.25, -0.2) is 9.36 Å². The van der Waals surface area contributed by atoms with E-state index in [-0.39, 0.29) is 0 Å². The molecule has 0 spiro atoms. The summed E-state index contributed by atoms with van der Waals surface area (Å²) in [7, 11) is 0. The second-order valence-corrected chi connectivity index (χ2v) is 9.88. The van der Waals surface area contributed by atoms with Gasteiger partial charge in [0.2, 0.25) is 0 Å². The molecule has 0 saturated heterocycles. The predicted molar refractivity (Wildman–Crippen MR) is 152 cm³/mol. The normalized spacial score (nSPS) is 13.0. The molecular formula is C30H31N10-. The largest absolute Gasteiger partial charge is 0.605 e. The van der Waals surface area contributed by atoms with Crippen LogP contribution in [-0.2, 0) is 32.7 Å². The Morgan fingerprint density at radius 1 is 0.600 bits per heavy atom. The summed E-state index contributed by atoms with van der Waals surface area (Å²) in [5.74, 6) is 0. The molecule has 0 unspecified atom stereocenters. The van der Waals surface area contributed by atoms with Crippen molar-refractivity contribution in [1.29, 1.82) is 0 Å². The van der Waals surface area contributed by atoms with Crippen LogP contribution < -0.4 is 5.53 Å². The Balaban J connectivity index is 1.15. The second kappa shape index (κ2) is 12.4. The fourth-order valence-electron chi connectivity index (χ4n) is 4.68. The summed E-state index contributed by atoms with van der Waals surface area (Å²) in [4.78, 5) is 2.26. The first kappa shape index (κ1) is 25.5. The van der Waals surface area contributed by atoms with Crippen molar-refractivity contribution in [1.82, 2.24) is 45.4 Å². The third-order valence-electron chi connectivity index (χ3n) is 6.53. The molecular weight excluding hydrogens is 500 g/mol. The quantitative estimate of drug-likeness (QED) is 0.259. The summed E-state index contributed by atoms with van der Waals surface area (Å²) in [6.07, 6.45) is 6.07. The van der Waals surface area contributed by atoms with Crippen molar-refractivity contribution in [2.75, 3.05) is 6.54 Å². The lowest BCUT2D eigenvalue weighted by atomic mass is 10.2. The van der Waals surface area contributed by atoms with Gasteiger partial charge in [0.1, 0.15) is 0 Å². The molecule has 0 atom stereocenters. The van der Waals surface area contributed by atoms with E-state index >= 15 is 0 Å². The molecule has 0 saturated carbocycles. The minimum absolute atomic E-state index is 0.603. The fraction of sp³-hybridized carbons (Fsp3) is 0.200. The summed E-state index contributed by atoms with van der Waals surface area (Å²) < 4.78 is 3.75. The Morgan fingerprint density at radius 2 is 1.07 bits per heavy atom. The number of hydrogen-bond donors (Lipinski definition) is 1. The number of hydrazine groups is 1. The lowest BCUT2D eigenvalue weighted by molar-refractivity contribution is 0.273. The zero-order valence-electron chi connectivity index (χ0n) is 22.2. The third kappa shape index (κ3) is 6.99. The van der Waals surface area contributed by atoms with Gasteiger partial charge in [0.05, 0.1) is 43.4 Å². The van der Waals surface area contributed by atoms with Crippen LogP contribution in [0.5, 0.6) is 0 Å². The van der Waals surface area contributed by atoms with E-state index in [1.165, 1.54) is 16.7 Å². The molecule has 6 rings (SSSR count). The van der Waals surface area contributed by atoms with Gasteiger partial charge in [-0.3, -0.25) is 4.90 Å². The molecule has 2 aromatic heterocycles. The van der Waals surface area contributed by atoms with E-state index in [1.54, 1.807) is 0 Å². The van der Waals surface area contributed by atoms with E-state index < -0.39 is 0 Å². The first-order chi connectivity index (χ1) is 19.7. The third-order valence-corrected chi connectivity index (χ3v) is 6.53. The SMILES string of the molecule is C1=C(CN(Cc2cn(Cc3ccccc3)nn2)Cc2cn(Cc3ccccc3)nn2)[N-]NN1Cc1ccccc1. The highest BCUT2D eigenvalue weighted by molar-refractivity contribution is 5.23. The van der Waals surface area contributed by atoms with Crippen molar-refractivity contribution in [3.8, 4) is 0 Å². The summed E-state index contributed by atoms with van der Waals surface area (Å²) in [5, 5.41) is 19.6. The van der Waals surface area contributed by atoms with Gasteiger partial charge in [-0.1, -0.05) is 101 Å². The van der Waals surface area contributed by atoms with E-state index in [2.05, 4.69) is 79.1 Å². The highest BCUT2D eigenvalue weighted by atomic mass is 15.7. The first-order valence-electron chi connectivity index (χ1n) is 13.3. The molecule has 0 amide bonds. The molecule has 1 N–H and O–H groups in total. The average Bonchev–Trinajstić information content (AvgIpc) is 3.73. The molecule has 1 aliphatic rings. The number of hydrogen-bond acceptors (Lipinski definition) is 7. The molecule has 10 heteroatoms. The van der Waals surface area contributed by atoms with Crippen molar-refractivity contribution in [2.24, 2.45) is 0 Å². The topological polar surface area (TPSA) is 94.0 Å². The van der Waals surface area contributed by atoms with E-state index in [9.17, 15) is 0 Å². The number of benzene rings is 3. The lowest BCUT2D eigenvalue weighted by Gasteiger charge is -2.27. The number of nitrogens with zero attached hydrogens (tertiary/aromatic N) is 9. The standard InChI is InChI=1S/C30H31N10/c1-4-10-25(11-5-1)16-38-22-28(31-34-38)19-37(20-29-23-39(35-32-29)17-26-12-6-2-7-13-26)21-30-24-40(36-33-30)18-27-14-8-3-9-15-27/h1-15,22-24,34H,16-21H2/q-1. The summed E-state index contributed by atoms with van der Waals surface area (Å²) in [6, 6.07) is 30.9. The van der Waals surface area contributed by atoms with Crippen molar-refractivity contribution in [3.05, 3.63) is 149 Å². The van der Waals surface area contributed by atoms with Crippen LogP contribution >= 0.6 is 0 Å². The average molecular weight is 532 g/mol. The molecule has 202 valence electrons. The lowest BCUT2D eigenvalue weighted by Crippen LogP contribution is -2.26. The van der Waals surface area contributed by atoms with Gasteiger partial charge >= 0.3 is 0 Å². The van der Waals surface area contributed by atoms with Gasteiger partial charge in [0.25, 0.3) is 0 Å².